The highest BCUT2D eigenvalue weighted by molar-refractivity contribution is 6.30. The molecule has 3 atom stereocenters. The van der Waals surface area contributed by atoms with Crippen molar-refractivity contribution in [3.05, 3.63) is 0 Å². The highest BCUT2D eigenvalue weighted by Gasteiger charge is 2.37. The molecule has 0 spiro atoms. The van der Waals surface area contributed by atoms with E-state index in [1.54, 1.807) is 6.92 Å². The summed E-state index contributed by atoms with van der Waals surface area (Å²) in [5.74, 6) is 0.603. The van der Waals surface area contributed by atoms with Gasteiger partial charge in [-0.3, -0.25) is 4.79 Å². The first-order valence-corrected chi connectivity index (χ1v) is 6.16. The molecule has 1 saturated heterocycles. The van der Waals surface area contributed by atoms with Crippen molar-refractivity contribution in [2.24, 2.45) is 5.92 Å². The first kappa shape index (κ1) is 11.2. The molecule has 0 aromatic carbocycles. The van der Waals surface area contributed by atoms with Gasteiger partial charge in [0.1, 0.15) is 5.38 Å². The molecule has 15 heavy (non-hydrogen) atoms. The highest BCUT2D eigenvalue weighted by Crippen LogP contribution is 2.32. The molecule has 1 amide bonds. The third kappa shape index (κ3) is 2.28. The molecule has 2 fully saturated rings. The summed E-state index contributed by atoms with van der Waals surface area (Å²) in [4.78, 5) is 13.9. The molecular formula is C11H18ClNO2. The van der Waals surface area contributed by atoms with E-state index >= 15 is 0 Å². The summed E-state index contributed by atoms with van der Waals surface area (Å²) in [6, 6.07) is 0.376. The largest absolute Gasteiger partial charge is 0.379 e. The van der Waals surface area contributed by atoms with Gasteiger partial charge < -0.3 is 9.64 Å². The summed E-state index contributed by atoms with van der Waals surface area (Å²) in [5.41, 5.74) is 0. The van der Waals surface area contributed by atoms with Gasteiger partial charge in [0.05, 0.1) is 13.2 Å². The molecule has 0 N–H and O–H groups in total. The second-order valence-corrected chi connectivity index (χ2v) is 5.14. The Morgan fingerprint density at radius 1 is 1.53 bits per heavy atom. The Morgan fingerprint density at radius 2 is 2.33 bits per heavy atom. The molecule has 1 aliphatic carbocycles. The number of amides is 1. The van der Waals surface area contributed by atoms with Crippen molar-refractivity contribution < 1.29 is 9.53 Å². The Bertz CT molecular complexity index is 245. The lowest BCUT2D eigenvalue weighted by molar-refractivity contribution is -0.133. The van der Waals surface area contributed by atoms with Crippen LogP contribution in [0.2, 0.25) is 0 Å². The number of rotatable bonds is 1. The van der Waals surface area contributed by atoms with E-state index in [1.807, 2.05) is 4.90 Å². The van der Waals surface area contributed by atoms with Gasteiger partial charge in [-0.05, 0) is 19.8 Å². The first-order valence-electron chi connectivity index (χ1n) is 5.72. The Morgan fingerprint density at radius 3 is 3.07 bits per heavy atom. The van der Waals surface area contributed by atoms with Crippen LogP contribution in [0, 0.1) is 5.92 Å². The lowest BCUT2D eigenvalue weighted by Gasteiger charge is -2.30. The maximum absolute atomic E-state index is 11.9. The monoisotopic (exact) mass is 231 g/mol. The number of carbonyl (C=O) groups is 1. The smallest absolute Gasteiger partial charge is 0.240 e. The Kier molecular flexibility index (Phi) is 3.52. The van der Waals surface area contributed by atoms with E-state index in [0.29, 0.717) is 25.1 Å². The lowest BCUT2D eigenvalue weighted by atomic mass is 10.0. The number of halogens is 1. The van der Waals surface area contributed by atoms with Crippen LogP contribution in [-0.4, -0.2) is 42.0 Å². The second kappa shape index (κ2) is 4.71. The van der Waals surface area contributed by atoms with Crippen LogP contribution in [0.25, 0.3) is 0 Å². The predicted octanol–water partition coefficient (Wildman–Crippen LogP) is 1.64. The molecule has 0 bridgehead atoms. The minimum absolute atomic E-state index is 0.0686. The van der Waals surface area contributed by atoms with Gasteiger partial charge in [-0.1, -0.05) is 6.42 Å². The predicted molar refractivity (Wildman–Crippen MR) is 59.0 cm³/mol. The van der Waals surface area contributed by atoms with Gasteiger partial charge in [-0.25, -0.2) is 0 Å². The van der Waals surface area contributed by atoms with Crippen molar-refractivity contribution in [2.45, 2.75) is 37.6 Å². The van der Waals surface area contributed by atoms with Crippen LogP contribution in [0.15, 0.2) is 0 Å². The van der Waals surface area contributed by atoms with Gasteiger partial charge in [-0.15, -0.1) is 11.6 Å². The fraction of sp³-hybridized carbons (Fsp3) is 0.909. The number of fused-ring (bicyclic) bond motifs is 1. The molecule has 1 saturated carbocycles. The van der Waals surface area contributed by atoms with Crippen LogP contribution in [0.5, 0.6) is 0 Å². The Labute approximate surface area is 95.7 Å². The van der Waals surface area contributed by atoms with E-state index in [9.17, 15) is 4.79 Å². The van der Waals surface area contributed by atoms with Gasteiger partial charge in [0, 0.05) is 18.5 Å². The summed E-state index contributed by atoms with van der Waals surface area (Å²) in [5, 5.41) is -0.413. The molecule has 0 aromatic heterocycles. The van der Waals surface area contributed by atoms with Crippen molar-refractivity contribution in [1.82, 2.24) is 4.90 Å². The molecule has 4 heteroatoms. The van der Waals surface area contributed by atoms with Crippen molar-refractivity contribution in [1.29, 1.82) is 0 Å². The first-order chi connectivity index (χ1) is 7.20. The molecule has 0 radical (unpaired) electrons. The van der Waals surface area contributed by atoms with Crippen molar-refractivity contribution >= 4 is 17.5 Å². The zero-order valence-corrected chi connectivity index (χ0v) is 9.87. The SMILES string of the molecule is C[C@H](Cl)C(=O)N1CCOC[C@@H]2CCC[C@H]21. The van der Waals surface area contributed by atoms with Crippen LogP contribution in [0.1, 0.15) is 26.2 Å². The van der Waals surface area contributed by atoms with Gasteiger partial charge in [0.15, 0.2) is 0 Å². The van der Waals surface area contributed by atoms with Crippen LogP contribution < -0.4 is 0 Å². The van der Waals surface area contributed by atoms with Crippen LogP contribution in [-0.2, 0) is 9.53 Å². The van der Waals surface area contributed by atoms with Crippen molar-refractivity contribution in [3.63, 3.8) is 0 Å². The molecule has 3 nitrogen and oxygen atoms in total. The lowest BCUT2D eigenvalue weighted by Crippen LogP contribution is -2.45. The number of carbonyl (C=O) groups excluding carboxylic acids is 1. The standard InChI is InChI=1S/C11H18ClNO2/c1-8(12)11(14)13-5-6-15-7-9-3-2-4-10(9)13/h8-10H,2-7H2,1H3/t8-,9-,10+/m0/s1. The van der Waals surface area contributed by atoms with Crippen LogP contribution in [0.3, 0.4) is 0 Å². The summed E-state index contributed by atoms with van der Waals surface area (Å²) in [7, 11) is 0. The number of hydrogen-bond acceptors (Lipinski definition) is 2. The zero-order valence-electron chi connectivity index (χ0n) is 9.12. The van der Waals surface area contributed by atoms with Gasteiger partial charge >= 0.3 is 0 Å². The average molecular weight is 232 g/mol. The van der Waals surface area contributed by atoms with Crippen LogP contribution >= 0.6 is 11.6 Å². The zero-order chi connectivity index (χ0) is 10.8. The Balaban J connectivity index is 2.10. The third-order valence-electron chi connectivity index (χ3n) is 3.45. The van der Waals surface area contributed by atoms with Gasteiger partial charge in [-0.2, -0.15) is 0 Å². The molecule has 2 aliphatic rings. The minimum atomic E-state index is -0.413. The normalized spacial score (nSPS) is 33.3. The van der Waals surface area contributed by atoms with E-state index in [0.717, 1.165) is 13.0 Å². The molecular weight excluding hydrogens is 214 g/mol. The molecule has 0 aromatic rings. The number of ether oxygens (including phenoxy) is 1. The van der Waals surface area contributed by atoms with Gasteiger partial charge in [0.2, 0.25) is 5.91 Å². The topological polar surface area (TPSA) is 29.5 Å². The van der Waals surface area contributed by atoms with E-state index in [-0.39, 0.29) is 5.91 Å². The maximum atomic E-state index is 11.9. The quantitative estimate of drug-likeness (QED) is 0.643. The van der Waals surface area contributed by atoms with Crippen LogP contribution in [0.4, 0.5) is 0 Å². The van der Waals surface area contributed by atoms with E-state index < -0.39 is 5.38 Å². The Hall–Kier alpha value is -0.280. The van der Waals surface area contributed by atoms with Gasteiger partial charge in [0.25, 0.3) is 0 Å². The highest BCUT2D eigenvalue weighted by atomic mass is 35.5. The maximum Gasteiger partial charge on any atom is 0.240 e. The average Bonchev–Trinajstić information content (AvgIpc) is 2.57. The summed E-state index contributed by atoms with van der Waals surface area (Å²) >= 11 is 5.87. The number of nitrogens with zero attached hydrogens (tertiary/aromatic N) is 1. The fourth-order valence-corrected chi connectivity index (χ4v) is 2.81. The summed E-state index contributed by atoms with van der Waals surface area (Å²) < 4.78 is 5.53. The fourth-order valence-electron chi connectivity index (χ4n) is 2.69. The number of hydrogen-bond donors (Lipinski definition) is 0. The molecule has 86 valence electrons. The molecule has 1 aliphatic heterocycles. The van der Waals surface area contributed by atoms with Crippen molar-refractivity contribution in [3.8, 4) is 0 Å². The second-order valence-electron chi connectivity index (χ2n) is 4.48. The third-order valence-corrected chi connectivity index (χ3v) is 3.64. The number of alkyl halides is 1. The molecule has 2 rings (SSSR count). The van der Waals surface area contributed by atoms with Crippen molar-refractivity contribution in [2.75, 3.05) is 19.8 Å². The minimum Gasteiger partial charge on any atom is -0.379 e. The molecule has 1 heterocycles. The summed E-state index contributed by atoms with van der Waals surface area (Å²) in [6.45, 7) is 3.92. The molecule has 0 unspecified atom stereocenters. The summed E-state index contributed by atoms with van der Waals surface area (Å²) in [6.07, 6.45) is 3.51. The van der Waals surface area contributed by atoms with E-state index in [1.165, 1.54) is 12.8 Å². The van der Waals surface area contributed by atoms with E-state index in [2.05, 4.69) is 0 Å². The van der Waals surface area contributed by atoms with E-state index in [4.69, 9.17) is 16.3 Å².